The van der Waals surface area contributed by atoms with Crippen molar-refractivity contribution in [3.05, 3.63) is 42.2 Å². The molecular weight excluding hydrogens is 264 g/mol. The number of aryl methyl sites for hydroxylation is 1. The summed E-state index contributed by atoms with van der Waals surface area (Å²) < 4.78 is 5.19. The van der Waals surface area contributed by atoms with Crippen LogP contribution in [0.25, 0.3) is 0 Å². The number of nitrogens with zero attached hydrogens (tertiary/aromatic N) is 3. The molecule has 1 aromatic carbocycles. The zero-order chi connectivity index (χ0) is 14.5. The van der Waals surface area contributed by atoms with Crippen LogP contribution in [0.2, 0.25) is 0 Å². The van der Waals surface area contributed by atoms with Crippen LogP contribution in [0.1, 0.15) is 12.0 Å². The van der Waals surface area contributed by atoms with Crippen molar-refractivity contribution < 1.29 is 4.74 Å². The van der Waals surface area contributed by atoms with E-state index in [4.69, 9.17) is 4.74 Å². The summed E-state index contributed by atoms with van der Waals surface area (Å²) in [4.78, 5) is 10.8. The molecule has 0 fully saturated rings. The normalized spacial score (nSPS) is 13.7. The number of rotatable bonds is 5. The van der Waals surface area contributed by atoms with E-state index < -0.39 is 0 Å². The summed E-state index contributed by atoms with van der Waals surface area (Å²) in [6.45, 7) is 2.86. The van der Waals surface area contributed by atoms with Gasteiger partial charge in [-0.25, -0.2) is 9.97 Å². The molecule has 5 nitrogen and oxygen atoms in total. The average Bonchev–Trinajstić information content (AvgIpc) is 2.55. The molecule has 1 aliphatic heterocycles. The van der Waals surface area contributed by atoms with Crippen molar-refractivity contribution in [2.75, 3.05) is 37.0 Å². The van der Waals surface area contributed by atoms with Crippen LogP contribution < -0.4 is 15.0 Å². The molecule has 1 N–H and O–H groups in total. The van der Waals surface area contributed by atoms with Gasteiger partial charge in [-0.05, 0) is 24.5 Å². The smallest absolute Gasteiger partial charge is 0.257 e. The summed E-state index contributed by atoms with van der Waals surface area (Å²) in [6.07, 6.45) is 5.69. The van der Waals surface area contributed by atoms with Crippen molar-refractivity contribution in [3.8, 4) is 5.88 Å². The number of para-hydroxylation sites is 1. The first-order valence-corrected chi connectivity index (χ1v) is 7.30. The van der Waals surface area contributed by atoms with Crippen molar-refractivity contribution in [1.29, 1.82) is 0 Å². The molecule has 110 valence electrons. The fraction of sp³-hybridized carbons (Fsp3) is 0.375. The number of methoxy groups -OCH3 is 1. The number of anilines is 2. The minimum Gasteiger partial charge on any atom is -0.478 e. The predicted octanol–water partition coefficient (Wildman–Crippen LogP) is 2.35. The van der Waals surface area contributed by atoms with Gasteiger partial charge in [0.05, 0.1) is 7.11 Å². The first kappa shape index (κ1) is 13.7. The standard InChI is InChI=1S/C16H20N4O/c1-21-16-15(17-8-9-19-16)18-10-12-20-11-4-6-13-5-2-3-7-14(13)20/h2-3,5,7-9H,4,6,10-12H2,1H3,(H,17,18). The van der Waals surface area contributed by atoms with Crippen LogP contribution in [0.4, 0.5) is 11.5 Å². The Hall–Kier alpha value is -2.30. The molecule has 0 radical (unpaired) electrons. The van der Waals surface area contributed by atoms with Crippen LogP contribution in [0.15, 0.2) is 36.7 Å². The van der Waals surface area contributed by atoms with Gasteiger partial charge in [-0.3, -0.25) is 0 Å². The zero-order valence-electron chi connectivity index (χ0n) is 12.2. The fourth-order valence-electron chi connectivity index (χ4n) is 2.75. The molecule has 0 unspecified atom stereocenters. The maximum absolute atomic E-state index is 5.19. The van der Waals surface area contributed by atoms with Crippen LogP contribution in [-0.4, -0.2) is 36.7 Å². The highest BCUT2D eigenvalue weighted by atomic mass is 16.5. The highest BCUT2D eigenvalue weighted by molar-refractivity contribution is 5.55. The Labute approximate surface area is 125 Å². The fourth-order valence-corrected chi connectivity index (χ4v) is 2.75. The summed E-state index contributed by atoms with van der Waals surface area (Å²) >= 11 is 0. The van der Waals surface area contributed by atoms with Gasteiger partial charge >= 0.3 is 0 Å². The Morgan fingerprint density at radius 2 is 2.10 bits per heavy atom. The third-order valence-electron chi connectivity index (χ3n) is 3.74. The minimum absolute atomic E-state index is 0.538. The maximum Gasteiger partial charge on any atom is 0.257 e. The Morgan fingerprint density at radius 3 is 3.00 bits per heavy atom. The summed E-state index contributed by atoms with van der Waals surface area (Å²) in [7, 11) is 1.61. The largest absolute Gasteiger partial charge is 0.478 e. The molecular formula is C16H20N4O. The molecule has 0 atom stereocenters. The van der Waals surface area contributed by atoms with Crippen molar-refractivity contribution >= 4 is 11.5 Å². The lowest BCUT2D eigenvalue weighted by atomic mass is 10.0. The lowest BCUT2D eigenvalue weighted by Gasteiger charge is -2.31. The van der Waals surface area contributed by atoms with Gasteiger partial charge < -0.3 is 15.0 Å². The first-order valence-electron chi connectivity index (χ1n) is 7.30. The molecule has 0 amide bonds. The quantitative estimate of drug-likeness (QED) is 0.913. The molecule has 21 heavy (non-hydrogen) atoms. The number of ether oxygens (including phenoxy) is 1. The van der Waals surface area contributed by atoms with Gasteiger partial charge in [-0.1, -0.05) is 18.2 Å². The van der Waals surface area contributed by atoms with Crippen LogP contribution in [0.5, 0.6) is 5.88 Å². The van der Waals surface area contributed by atoms with Crippen molar-refractivity contribution in [1.82, 2.24) is 9.97 Å². The Balaban J connectivity index is 1.61. The van der Waals surface area contributed by atoms with E-state index in [2.05, 4.69) is 44.5 Å². The molecule has 1 aliphatic rings. The summed E-state index contributed by atoms with van der Waals surface area (Å²) in [5, 5.41) is 3.30. The van der Waals surface area contributed by atoms with E-state index in [-0.39, 0.29) is 0 Å². The summed E-state index contributed by atoms with van der Waals surface area (Å²) in [6, 6.07) is 8.65. The third kappa shape index (κ3) is 3.07. The van der Waals surface area contributed by atoms with E-state index in [0.717, 1.165) is 19.6 Å². The predicted molar refractivity (Wildman–Crippen MR) is 84.0 cm³/mol. The first-order chi connectivity index (χ1) is 10.4. The molecule has 5 heteroatoms. The van der Waals surface area contributed by atoms with Crippen LogP contribution in [-0.2, 0) is 6.42 Å². The highest BCUT2D eigenvalue weighted by Gasteiger charge is 2.15. The second-order valence-electron chi connectivity index (χ2n) is 5.06. The van der Waals surface area contributed by atoms with Gasteiger partial charge in [0.1, 0.15) is 0 Å². The van der Waals surface area contributed by atoms with Gasteiger partial charge in [0, 0.05) is 37.7 Å². The van der Waals surface area contributed by atoms with E-state index >= 15 is 0 Å². The second-order valence-corrected chi connectivity index (χ2v) is 5.06. The number of fused-ring (bicyclic) bond motifs is 1. The van der Waals surface area contributed by atoms with Crippen molar-refractivity contribution in [3.63, 3.8) is 0 Å². The van der Waals surface area contributed by atoms with E-state index in [1.807, 2.05) is 0 Å². The van der Waals surface area contributed by atoms with Gasteiger partial charge in [0.15, 0.2) is 5.82 Å². The van der Waals surface area contributed by atoms with E-state index in [1.54, 1.807) is 19.5 Å². The molecule has 1 aromatic heterocycles. The Kier molecular flexibility index (Phi) is 4.19. The van der Waals surface area contributed by atoms with Crippen LogP contribution in [0, 0.1) is 0 Å². The second kappa shape index (κ2) is 6.43. The lowest BCUT2D eigenvalue weighted by molar-refractivity contribution is 0.398. The molecule has 0 spiro atoms. The lowest BCUT2D eigenvalue weighted by Crippen LogP contribution is -2.33. The molecule has 0 saturated carbocycles. The molecule has 2 heterocycles. The summed E-state index contributed by atoms with van der Waals surface area (Å²) in [5.74, 6) is 1.24. The average molecular weight is 284 g/mol. The molecule has 0 bridgehead atoms. The van der Waals surface area contributed by atoms with Crippen molar-refractivity contribution in [2.45, 2.75) is 12.8 Å². The van der Waals surface area contributed by atoms with E-state index in [0.29, 0.717) is 11.7 Å². The molecule has 0 saturated heterocycles. The van der Waals surface area contributed by atoms with E-state index in [9.17, 15) is 0 Å². The SMILES string of the molecule is COc1nccnc1NCCN1CCCc2ccccc21. The Bertz CT molecular complexity index is 602. The summed E-state index contributed by atoms with van der Waals surface area (Å²) in [5.41, 5.74) is 2.80. The number of benzene rings is 1. The Morgan fingerprint density at radius 1 is 1.24 bits per heavy atom. The number of hydrogen-bond donors (Lipinski definition) is 1. The third-order valence-corrected chi connectivity index (χ3v) is 3.74. The highest BCUT2D eigenvalue weighted by Crippen LogP contribution is 2.26. The topological polar surface area (TPSA) is 50.3 Å². The van der Waals surface area contributed by atoms with Crippen molar-refractivity contribution in [2.24, 2.45) is 0 Å². The van der Waals surface area contributed by atoms with Gasteiger partial charge in [0.2, 0.25) is 0 Å². The number of hydrogen-bond acceptors (Lipinski definition) is 5. The van der Waals surface area contributed by atoms with E-state index in [1.165, 1.54) is 24.1 Å². The van der Waals surface area contributed by atoms with Crippen LogP contribution in [0.3, 0.4) is 0 Å². The van der Waals surface area contributed by atoms with Gasteiger partial charge in [-0.2, -0.15) is 0 Å². The van der Waals surface area contributed by atoms with Gasteiger partial charge in [0.25, 0.3) is 5.88 Å². The zero-order valence-corrected chi connectivity index (χ0v) is 12.2. The molecule has 0 aliphatic carbocycles. The molecule has 3 rings (SSSR count). The molecule has 2 aromatic rings. The number of aromatic nitrogens is 2. The monoisotopic (exact) mass is 284 g/mol. The number of nitrogens with one attached hydrogen (secondary N) is 1. The minimum atomic E-state index is 0.538. The maximum atomic E-state index is 5.19. The van der Waals surface area contributed by atoms with Gasteiger partial charge in [-0.15, -0.1) is 0 Å². The van der Waals surface area contributed by atoms with Crippen LogP contribution >= 0.6 is 0 Å².